The molecule has 156 valence electrons. The third-order valence-electron chi connectivity index (χ3n) is 5.13. The lowest BCUT2D eigenvalue weighted by Crippen LogP contribution is -2.35. The lowest BCUT2D eigenvalue weighted by molar-refractivity contribution is -0.117. The van der Waals surface area contributed by atoms with E-state index >= 15 is 4.39 Å². The standard InChI is InChI=1S/C18H20FN3O6S/c19-17-14-6-11(20-7-12-3-4-13(9-23)28-12)2-1-10(14)5-15(24)18(17)22-8-16(25)21-29(22,26)27/h3-5,11,20,23-24H,1-2,6-9H2,(H,21,25)/t11-/m1/s1. The minimum atomic E-state index is -4.24. The summed E-state index contributed by atoms with van der Waals surface area (Å²) in [5.41, 5.74) is 0.409. The molecule has 11 heteroatoms. The van der Waals surface area contributed by atoms with E-state index in [0.717, 1.165) is 0 Å². The fourth-order valence-electron chi connectivity index (χ4n) is 3.74. The van der Waals surface area contributed by atoms with Crippen molar-refractivity contribution in [2.45, 2.75) is 38.5 Å². The van der Waals surface area contributed by atoms with Crippen molar-refractivity contribution in [1.29, 1.82) is 0 Å². The predicted molar refractivity (Wildman–Crippen MR) is 99.8 cm³/mol. The van der Waals surface area contributed by atoms with Crippen LogP contribution in [0.25, 0.3) is 0 Å². The highest BCUT2D eigenvalue weighted by Crippen LogP contribution is 2.39. The number of hydrogen-bond acceptors (Lipinski definition) is 7. The molecule has 1 aliphatic carbocycles. The van der Waals surface area contributed by atoms with E-state index in [1.165, 1.54) is 6.07 Å². The van der Waals surface area contributed by atoms with Crippen molar-refractivity contribution in [3.8, 4) is 5.75 Å². The van der Waals surface area contributed by atoms with Crippen LogP contribution in [0.4, 0.5) is 10.1 Å². The van der Waals surface area contributed by atoms with Crippen LogP contribution in [0, 0.1) is 5.82 Å². The van der Waals surface area contributed by atoms with Crippen LogP contribution in [0.3, 0.4) is 0 Å². The van der Waals surface area contributed by atoms with Gasteiger partial charge in [0, 0.05) is 6.04 Å². The number of anilines is 1. The van der Waals surface area contributed by atoms with Crippen molar-refractivity contribution in [3.05, 3.63) is 46.7 Å². The number of furan rings is 1. The van der Waals surface area contributed by atoms with Gasteiger partial charge in [0.05, 0.1) is 6.54 Å². The number of rotatable bonds is 5. The molecule has 0 unspecified atom stereocenters. The molecule has 2 aliphatic rings. The molecule has 1 aliphatic heterocycles. The Morgan fingerprint density at radius 1 is 1.34 bits per heavy atom. The van der Waals surface area contributed by atoms with Crippen LogP contribution in [-0.2, 0) is 41.0 Å². The fourth-order valence-corrected chi connectivity index (χ4v) is 4.91. The molecular weight excluding hydrogens is 405 g/mol. The number of nitrogens with zero attached hydrogens (tertiary/aromatic N) is 1. The van der Waals surface area contributed by atoms with Crippen LogP contribution in [0.1, 0.15) is 29.1 Å². The SMILES string of the molecule is O=C1CN(c2c(O)cc3c(c2F)C[C@H](NCc2ccc(CO)o2)CC3)S(=O)(=O)N1. The van der Waals surface area contributed by atoms with Crippen LogP contribution in [0.15, 0.2) is 22.6 Å². The van der Waals surface area contributed by atoms with E-state index in [2.05, 4.69) is 5.32 Å². The van der Waals surface area contributed by atoms with E-state index in [9.17, 15) is 18.3 Å². The maximum absolute atomic E-state index is 15.2. The van der Waals surface area contributed by atoms with Gasteiger partial charge in [0.1, 0.15) is 36.1 Å². The summed E-state index contributed by atoms with van der Waals surface area (Å²) in [6.07, 6.45) is 1.49. The first-order chi connectivity index (χ1) is 13.8. The quantitative estimate of drug-likeness (QED) is 0.547. The Labute approximate surface area is 166 Å². The number of aromatic hydroxyl groups is 1. The third-order valence-corrected chi connectivity index (χ3v) is 6.51. The monoisotopic (exact) mass is 425 g/mol. The minimum absolute atomic E-state index is 0.0907. The summed E-state index contributed by atoms with van der Waals surface area (Å²) >= 11 is 0. The number of aryl methyl sites for hydroxylation is 1. The van der Waals surface area contributed by atoms with Gasteiger partial charge in [-0.15, -0.1) is 0 Å². The van der Waals surface area contributed by atoms with E-state index in [-0.39, 0.29) is 19.1 Å². The van der Waals surface area contributed by atoms with Gasteiger partial charge in [0.25, 0.3) is 5.91 Å². The molecular formula is C18H20FN3O6S. The van der Waals surface area contributed by atoms with Crippen LogP contribution in [-0.4, -0.2) is 37.1 Å². The maximum atomic E-state index is 15.2. The van der Waals surface area contributed by atoms with Crippen molar-refractivity contribution in [2.75, 3.05) is 10.8 Å². The summed E-state index contributed by atoms with van der Waals surface area (Å²) < 4.78 is 47.1. The molecule has 4 rings (SSSR count). The summed E-state index contributed by atoms with van der Waals surface area (Å²) in [6, 6.07) is 4.69. The van der Waals surface area contributed by atoms with Crippen LogP contribution in [0.2, 0.25) is 0 Å². The molecule has 29 heavy (non-hydrogen) atoms. The van der Waals surface area contributed by atoms with Crippen LogP contribution in [0.5, 0.6) is 5.75 Å². The first-order valence-electron chi connectivity index (χ1n) is 9.07. The second kappa shape index (κ2) is 7.32. The van der Waals surface area contributed by atoms with Crippen molar-refractivity contribution in [2.24, 2.45) is 0 Å². The van der Waals surface area contributed by atoms with Gasteiger partial charge in [-0.1, -0.05) is 0 Å². The fraction of sp³-hybridized carbons (Fsp3) is 0.389. The Kier molecular flexibility index (Phi) is 4.97. The van der Waals surface area contributed by atoms with Gasteiger partial charge in [0.2, 0.25) is 0 Å². The summed E-state index contributed by atoms with van der Waals surface area (Å²) in [6.45, 7) is -0.379. The molecule has 1 saturated heterocycles. The smallest absolute Gasteiger partial charge is 0.326 e. The van der Waals surface area contributed by atoms with Gasteiger partial charge < -0.3 is 19.9 Å². The number of fused-ring (bicyclic) bond motifs is 1. The number of aliphatic hydroxyl groups excluding tert-OH is 1. The highest BCUT2D eigenvalue weighted by Gasteiger charge is 2.39. The van der Waals surface area contributed by atoms with E-state index in [1.54, 1.807) is 16.9 Å². The molecule has 0 spiro atoms. The zero-order valence-corrected chi connectivity index (χ0v) is 16.1. The zero-order valence-electron chi connectivity index (χ0n) is 15.3. The predicted octanol–water partition coefficient (Wildman–Crippen LogP) is 0.445. The van der Waals surface area contributed by atoms with E-state index in [0.29, 0.717) is 46.3 Å². The summed E-state index contributed by atoms with van der Waals surface area (Å²) in [4.78, 5) is 11.5. The van der Waals surface area contributed by atoms with Gasteiger partial charge in [-0.2, -0.15) is 8.42 Å². The number of carbonyl (C=O) groups is 1. The minimum Gasteiger partial charge on any atom is -0.506 e. The first-order valence-corrected chi connectivity index (χ1v) is 10.5. The van der Waals surface area contributed by atoms with Gasteiger partial charge in [0.15, 0.2) is 5.82 Å². The third kappa shape index (κ3) is 3.68. The highest BCUT2D eigenvalue weighted by molar-refractivity contribution is 7.92. The lowest BCUT2D eigenvalue weighted by atomic mass is 9.87. The molecule has 2 aromatic rings. The largest absolute Gasteiger partial charge is 0.506 e. The molecule has 1 amide bonds. The lowest BCUT2D eigenvalue weighted by Gasteiger charge is -2.28. The summed E-state index contributed by atoms with van der Waals surface area (Å²) in [7, 11) is -4.24. The Hall–Kier alpha value is -2.63. The Balaban J connectivity index is 1.56. The number of halogens is 1. The number of hydrogen-bond donors (Lipinski definition) is 4. The number of aliphatic hydroxyl groups is 1. The van der Waals surface area contributed by atoms with Crippen molar-refractivity contribution in [1.82, 2.24) is 10.0 Å². The molecule has 0 saturated carbocycles. The van der Waals surface area contributed by atoms with Crippen molar-refractivity contribution in [3.63, 3.8) is 0 Å². The Morgan fingerprint density at radius 3 is 2.76 bits per heavy atom. The molecule has 1 aromatic heterocycles. The van der Waals surface area contributed by atoms with Crippen LogP contribution < -0.4 is 14.3 Å². The topological polar surface area (TPSA) is 132 Å². The normalized spacial score (nSPS) is 20.6. The van der Waals surface area contributed by atoms with Gasteiger partial charge in [-0.3, -0.25) is 4.79 Å². The molecule has 0 radical (unpaired) electrons. The second-order valence-corrected chi connectivity index (χ2v) is 8.67. The summed E-state index contributed by atoms with van der Waals surface area (Å²) in [5, 5.41) is 22.6. The number of benzene rings is 1. The van der Waals surface area contributed by atoms with Crippen molar-refractivity contribution < 1.29 is 32.2 Å². The van der Waals surface area contributed by atoms with Gasteiger partial charge in [-0.25, -0.2) is 13.4 Å². The average Bonchev–Trinajstić information content (AvgIpc) is 3.23. The number of phenols is 1. The Bertz CT molecular complexity index is 1070. The molecule has 9 nitrogen and oxygen atoms in total. The average molecular weight is 425 g/mol. The Morgan fingerprint density at radius 2 is 2.10 bits per heavy atom. The number of carbonyl (C=O) groups excluding carboxylic acids is 1. The van der Waals surface area contributed by atoms with E-state index < -0.39 is 39.9 Å². The molecule has 2 heterocycles. The number of nitrogens with one attached hydrogen (secondary N) is 2. The van der Waals surface area contributed by atoms with Crippen LogP contribution >= 0.6 is 0 Å². The van der Waals surface area contributed by atoms with E-state index in [1.807, 2.05) is 0 Å². The maximum Gasteiger partial charge on any atom is 0.326 e. The number of amides is 1. The second-order valence-electron chi connectivity index (χ2n) is 7.08. The van der Waals surface area contributed by atoms with Gasteiger partial charge >= 0.3 is 10.2 Å². The number of phenolic OH excluding ortho intramolecular Hbond substituents is 1. The molecule has 1 atom stereocenters. The van der Waals surface area contributed by atoms with E-state index in [4.69, 9.17) is 9.52 Å². The molecule has 0 bridgehead atoms. The molecule has 1 aromatic carbocycles. The zero-order chi connectivity index (χ0) is 20.8. The van der Waals surface area contributed by atoms with Gasteiger partial charge in [-0.05, 0) is 48.6 Å². The van der Waals surface area contributed by atoms with Crippen molar-refractivity contribution >= 4 is 21.8 Å². The summed E-state index contributed by atoms with van der Waals surface area (Å²) in [5.74, 6) is -1.05. The molecule has 1 fully saturated rings. The first kappa shape index (κ1) is 19.7. The molecule has 4 N–H and O–H groups in total. The highest BCUT2D eigenvalue weighted by atomic mass is 32.2.